The van der Waals surface area contributed by atoms with Crippen LogP contribution in [0.5, 0.6) is 0 Å². The maximum absolute atomic E-state index is 14.7. The fraction of sp³-hybridized carbons (Fsp3) is 0.200. The minimum absolute atomic E-state index is 0.137. The van der Waals surface area contributed by atoms with Gasteiger partial charge in [-0.2, -0.15) is 9.41 Å². The minimum Gasteiger partial charge on any atom is -0.618 e. The maximum atomic E-state index is 14.7. The van der Waals surface area contributed by atoms with Crippen LogP contribution >= 0.6 is 22.9 Å². The zero-order valence-electron chi connectivity index (χ0n) is 19.6. The van der Waals surface area contributed by atoms with Gasteiger partial charge in [0.15, 0.2) is 12.0 Å². The van der Waals surface area contributed by atoms with Gasteiger partial charge >= 0.3 is 5.97 Å². The molecule has 1 aliphatic carbocycles. The molecule has 10 nitrogen and oxygen atoms in total. The number of H-pyrrole nitrogens is 1. The Morgan fingerprint density at radius 1 is 1.32 bits per heavy atom. The quantitative estimate of drug-likeness (QED) is 0.208. The van der Waals surface area contributed by atoms with E-state index in [0.29, 0.717) is 51.4 Å². The number of tetrazole rings is 1. The van der Waals surface area contributed by atoms with Gasteiger partial charge in [-0.05, 0) is 47.0 Å². The zero-order chi connectivity index (χ0) is 26.4. The number of aromatic nitrogens is 7. The van der Waals surface area contributed by atoms with Gasteiger partial charge in [0.2, 0.25) is 5.69 Å². The van der Waals surface area contributed by atoms with Gasteiger partial charge in [0, 0.05) is 33.2 Å². The van der Waals surface area contributed by atoms with Gasteiger partial charge in [0.25, 0.3) is 0 Å². The fourth-order valence-electron chi connectivity index (χ4n) is 4.51. The summed E-state index contributed by atoms with van der Waals surface area (Å²) in [5.41, 5.74) is 2.96. The van der Waals surface area contributed by atoms with Crippen molar-refractivity contribution >= 4 is 28.9 Å². The lowest BCUT2D eigenvalue weighted by Crippen LogP contribution is -2.34. The molecule has 38 heavy (non-hydrogen) atoms. The molecule has 1 atom stereocenters. The standard InChI is InChI=1S/C25H19ClFN7O3S/c26-15-4-6-20(33-12-29-31-32-33)16(8-15)14-3-5-21(34(37)10-14)17(7-13-1-2-13)24-28-9-19(30-24)18-11-38-23(22(18)27)25(35)36/h3-6,8-13,17H,1-2,7H2,(H,28,30)(H,35,36). The predicted molar refractivity (Wildman–Crippen MR) is 137 cm³/mol. The third-order valence-corrected chi connectivity index (χ3v) is 7.75. The van der Waals surface area contributed by atoms with Crippen LogP contribution in [0.15, 0.2) is 54.4 Å². The number of imidazole rings is 1. The van der Waals surface area contributed by atoms with Crippen molar-refractivity contribution in [2.75, 3.05) is 0 Å². The number of thiophene rings is 1. The number of carbonyl (C=O) groups is 1. The Hall–Kier alpha value is -4.16. The van der Waals surface area contributed by atoms with Crippen LogP contribution in [0.1, 0.15) is 46.4 Å². The Kier molecular flexibility index (Phi) is 6.12. The van der Waals surface area contributed by atoms with Crippen LogP contribution in [0.4, 0.5) is 4.39 Å². The molecule has 6 rings (SSSR count). The molecule has 0 amide bonds. The summed E-state index contributed by atoms with van der Waals surface area (Å²) in [4.78, 5) is 18.5. The molecule has 1 fully saturated rings. The lowest BCUT2D eigenvalue weighted by molar-refractivity contribution is -0.614. The van der Waals surface area contributed by atoms with Gasteiger partial charge in [-0.1, -0.05) is 24.4 Å². The third-order valence-electron chi connectivity index (χ3n) is 6.57. The molecule has 4 aromatic heterocycles. The average Bonchev–Trinajstić information content (AvgIpc) is 3.27. The van der Waals surface area contributed by atoms with Gasteiger partial charge in [0.05, 0.1) is 17.6 Å². The lowest BCUT2D eigenvalue weighted by atomic mass is 9.95. The van der Waals surface area contributed by atoms with Gasteiger partial charge in [0.1, 0.15) is 22.9 Å². The summed E-state index contributed by atoms with van der Waals surface area (Å²) in [7, 11) is 0. The van der Waals surface area contributed by atoms with Gasteiger partial charge in [-0.3, -0.25) is 0 Å². The minimum atomic E-state index is -1.32. The monoisotopic (exact) mass is 551 g/mol. The first kappa shape index (κ1) is 24.2. The van der Waals surface area contributed by atoms with Crippen molar-refractivity contribution in [3.63, 3.8) is 0 Å². The molecule has 0 radical (unpaired) electrons. The molecular weight excluding hydrogens is 533 g/mol. The van der Waals surface area contributed by atoms with Gasteiger partial charge < -0.3 is 15.3 Å². The predicted octanol–water partition coefficient (Wildman–Crippen LogP) is 4.84. The first-order valence-corrected chi connectivity index (χ1v) is 13.0. The van der Waals surface area contributed by atoms with Crippen LogP contribution in [-0.4, -0.2) is 41.3 Å². The van der Waals surface area contributed by atoms with Gasteiger partial charge in [-0.15, -0.1) is 16.4 Å². The average molecular weight is 552 g/mol. The molecule has 4 heterocycles. The molecule has 5 aromatic rings. The van der Waals surface area contributed by atoms with Crippen LogP contribution in [0.2, 0.25) is 5.02 Å². The zero-order valence-corrected chi connectivity index (χ0v) is 21.2. The van der Waals surface area contributed by atoms with E-state index in [2.05, 4.69) is 25.5 Å². The fourth-order valence-corrected chi connectivity index (χ4v) is 5.46. The molecule has 0 bridgehead atoms. The van der Waals surface area contributed by atoms with E-state index in [9.17, 15) is 19.5 Å². The first-order chi connectivity index (χ1) is 18.4. The second-order valence-electron chi connectivity index (χ2n) is 9.10. The first-order valence-electron chi connectivity index (χ1n) is 11.7. The molecule has 1 aromatic carbocycles. The number of aromatic amines is 1. The smallest absolute Gasteiger partial charge is 0.348 e. The van der Waals surface area contributed by atoms with E-state index >= 15 is 0 Å². The van der Waals surface area contributed by atoms with Crippen molar-refractivity contribution in [2.45, 2.75) is 25.2 Å². The number of aromatic carboxylic acids is 1. The van der Waals surface area contributed by atoms with Crippen molar-refractivity contribution in [2.24, 2.45) is 5.92 Å². The van der Waals surface area contributed by atoms with Crippen LogP contribution in [0, 0.1) is 16.9 Å². The highest BCUT2D eigenvalue weighted by Gasteiger charge is 2.33. The Morgan fingerprint density at radius 3 is 2.84 bits per heavy atom. The molecule has 1 aliphatic rings. The summed E-state index contributed by atoms with van der Waals surface area (Å²) in [6.07, 6.45) is 7.26. The highest BCUT2D eigenvalue weighted by Crippen LogP contribution is 2.41. The lowest BCUT2D eigenvalue weighted by Gasteiger charge is -2.16. The van der Waals surface area contributed by atoms with Crippen molar-refractivity contribution in [1.82, 2.24) is 30.2 Å². The Balaban J connectivity index is 1.37. The highest BCUT2D eigenvalue weighted by atomic mass is 35.5. The molecule has 13 heteroatoms. The van der Waals surface area contributed by atoms with E-state index in [1.54, 1.807) is 24.3 Å². The van der Waals surface area contributed by atoms with Crippen molar-refractivity contribution in [3.8, 4) is 28.1 Å². The Labute approximate surface area is 223 Å². The van der Waals surface area contributed by atoms with E-state index < -0.39 is 11.8 Å². The number of rotatable bonds is 8. The molecule has 0 aliphatic heterocycles. The molecule has 192 valence electrons. The summed E-state index contributed by atoms with van der Waals surface area (Å²) >= 11 is 7.08. The molecule has 2 N–H and O–H groups in total. The number of hydrogen-bond donors (Lipinski definition) is 2. The van der Waals surface area contributed by atoms with E-state index in [4.69, 9.17) is 11.6 Å². The molecule has 0 spiro atoms. The van der Waals surface area contributed by atoms with E-state index in [1.165, 1.54) is 28.8 Å². The normalized spacial score (nSPS) is 14.1. The van der Waals surface area contributed by atoms with Crippen molar-refractivity contribution in [1.29, 1.82) is 0 Å². The number of benzene rings is 1. The second kappa shape index (κ2) is 9.62. The van der Waals surface area contributed by atoms with Crippen LogP contribution in [0.25, 0.3) is 28.1 Å². The Bertz CT molecular complexity index is 1650. The number of nitrogens with zero attached hydrogens (tertiary/aromatic N) is 6. The Morgan fingerprint density at radius 2 is 2.16 bits per heavy atom. The molecule has 1 saturated carbocycles. The number of carboxylic acids is 1. The maximum Gasteiger partial charge on any atom is 0.348 e. The van der Waals surface area contributed by atoms with Gasteiger partial charge in [-0.25, -0.2) is 14.2 Å². The topological polar surface area (TPSA) is 137 Å². The number of hydrogen-bond acceptors (Lipinski definition) is 7. The van der Waals surface area contributed by atoms with Crippen molar-refractivity contribution in [3.05, 3.63) is 86.9 Å². The summed E-state index contributed by atoms with van der Waals surface area (Å²) < 4.78 is 17.0. The van der Waals surface area contributed by atoms with E-state index in [1.807, 2.05) is 6.07 Å². The second-order valence-corrected chi connectivity index (χ2v) is 10.4. The van der Waals surface area contributed by atoms with Crippen molar-refractivity contribution < 1.29 is 19.0 Å². The summed E-state index contributed by atoms with van der Waals surface area (Å²) in [6, 6.07) is 8.84. The number of nitrogens with one attached hydrogen (secondary N) is 1. The van der Waals surface area contributed by atoms with Crippen LogP contribution < -0.4 is 4.73 Å². The molecular formula is C25H19ClFN7O3S. The SMILES string of the molecule is O=C(O)c1scc(-c2cnc(C(CC3CC3)c3ccc(-c4cc(Cl)ccc4-n4cnnn4)c[n+]3[O-])[nH]2)c1F. The van der Waals surface area contributed by atoms with Crippen LogP contribution in [-0.2, 0) is 0 Å². The number of halogens is 2. The van der Waals surface area contributed by atoms with E-state index in [0.717, 1.165) is 28.9 Å². The van der Waals surface area contributed by atoms with Crippen LogP contribution in [0.3, 0.4) is 0 Å². The largest absolute Gasteiger partial charge is 0.618 e. The highest BCUT2D eigenvalue weighted by molar-refractivity contribution is 7.12. The summed E-state index contributed by atoms with van der Waals surface area (Å²) in [5, 5.41) is 35.8. The molecule has 0 saturated heterocycles. The summed E-state index contributed by atoms with van der Waals surface area (Å²) in [5.74, 6) is -1.50. The summed E-state index contributed by atoms with van der Waals surface area (Å²) in [6.45, 7) is 0. The number of pyridine rings is 1. The third kappa shape index (κ3) is 4.52. The molecule has 1 unspecified atom stereocenters. The van der Waals surface area contributed by atoms with E-state index in [-0.39, 0.29) is 16.4 Å². The number of carboxylic acid groups (broad SMARTS) is 1.